The summed E-state index contributed by atoms with van der Waals surface area (Å²) >= 11 is 0. The number of ether oxygens (including phenoxy) is 2. The van der Waals surface area contributed by atoms with E-state index in [0.717, 1.165) is 5.56 Å². The number of aliphatic hydroxyl groups excluding tert-OH is 1. The molecule has 1 saturated heterocycles. The monoisotopic (exact) mass is 461 g/mol. The largest absolute Gasteiger partial charge is 0.507 e. The number of Topliss-reactive ketones (excluding diaryl/α,β-unsaturated/α-hetero) is 1. The molecule has 7 heteroatoms. The van der Waals surface area contributed by atoms with E-state index in [1.165, 1.54) is 30.2 Å². The summed E-state index contributed by atoms with van der Waals surface area (Å²) < 4.78 is 24.6. The van der Waals surface area contributed by atoms with E-state index < -0.39 is 23.5 Å². The van der Waals surface area contributed by atoms with Crippen molar-refractivity contribution in [2.75, 3.05) is 19.1 Å². The van der Waals surface area contributed by atoms with E-state index in [1.54, 1.807) is 56.5 Å². The molecule has 1 heterocycles. The van der Waals surface area contributed by atoms with Gasteiger partial charge in [-0.15, -0.1) is 0 Å². The Morgan fingerprint density at radius 2 is 1.65 bits per heavy atom. The maximum atomic E-state index is 14.0. The summed E-state index contributed by atoms with van der Waals surface area (Å²) in [5.41, 5.74) is 2.54. The predicted octanol–water partition coefficient (Wildman–Crippen LogP) is 5.09. The van der Waals surface area contributed by atoms with Gasteiger partial charge >= 0.3 is 0 Å². The molecule has 4 rings (SSSR count). The lowest BCUT2D eigenvalue weighted by Crippen LogP contribution is -2.29. The minimum Gasteiger partial charge on any atom is -0.507 e. The summed E-state index contributed by atoms with van der Waals surface area (Å²) in [6, 6.07) is 14.8. The molecular formula is C27H24FNO5. The van der Waals surface area contributed by atoms with E-state index >= 15 is 0 Å². The number of carbonyl (C=O) groups is 2. The Morgan fingerprint density at radius 3 is 2.26 bits per heavy atom. The van der Waals surface area contributed by atoms with Gasteiger partial charge in [-0.3, -0.25) is 14.5 Å². The molecule has 1 atom stereocenters. The summed E-state index contributed by atoms with van der Waals surface area (Å²) in [6.07, 6.45) is 0. The molecule has 174 valence electrons. The molecule has 1 aliphatic heterocycles. The average Bonchev–Trinajstić information content (AvgIpc) is 3.10. The topological polar surface area (TPSA) is 76.1 Å². The second-order valence-electron chi connectivity index (χ2n) is 8.06. The van der Waals surface area contributed by atoms with Crippen LogP contribution in [0.4, 0.5) is 10.1 Å². The van der Waals surface area contributed by atoms with E-state index in [1.807, 2.05) is 6.92 Å². The first kappa shape index (κ1) is 23.0. The molecule has 1 aliphatic rings. The van der Waals surface area contributed by atoms with Crippen molar-refractivity contribution in [1.29, 1.82) is 0 Å². The summed E-state index contributed by atoms with van der Waals surface area (Å²) in [7, 11) is 3.08. The van der Waals surface area contributed by atoms with Crippen molar-refractivity contribution in [3.05, 3.63) is 94.3 Å². The number of anilines is 1. The molecule has 6 nitrogen and oxygen atoms in total. The molecule has 0 aliphatic carbocycles. The number of aryl methyl sites for hydroxylation is 2. The van der Waals surface area contributed by atoms with Gasteiger partial charge in [0.2, 0.25) is 0 Å². The summed E-state index contributed by atoms with van der Waals surface area (Å²) in [6.45, 7) is 3.60. The van der Waals surface area contributed by atoms with Gasteiger partial charge in [0.15, 0.2) is 0 Å². The lowest BCUT2D eigenvalue weighted by atomic mass is 9.93. The fourth-order valence-electron chi connectivity index (χ4n) is 4.24. The summed E-state index contributed by atoms with van der Waals surface area (Å²) in [5.74, 6) is -1.32. The highest BCUT2D eigenvalue weighted by Crippen LogP contribution is 2.43. The fraction of sp³-hybridized carbons (Fsp3) is 0.185. The number of nitrogens with zero attached hydrogens (tertiary/aromatic N) is 1. The SMILES string of the molecule is COc1ccc(C2/C(=C(\O)c3cc(C)c(OC)cc3C)C(=O)C(=O)N2c2cccc(F)c2)cc1. The van der Waals surface area contributed by atoms with Gasteiger partial charge in [0, 0.05) is 11.3 Å². The second-order valence-corrected chi connectivity index (χ2v) is 8.06. The highest BCUT2D eigenvalue weighted by Gasteiger charge is 2.47. The van der Waals surface area contributed by atoms with E-state index in [4.69, 9.17) is 9.47 Å². The Bertz CT molecular complexity index is 1310. The molecule has 3 aromatic carbocycles. The average molecular weight is 461 g/mol. The molecular weight excluding hydrogens is 437 g/mol. The molecule has 1 amide bonds. The predicted molar refractivity (Wildman–Crippen MR) is 127 cm³/mol. The lowest BCUT2D eigenvalue weighted by Gasteiger charge is -2.25. The Kier molecular flexibility index (Phi) is 6.11. The van der Waals surface area contributed by atoms with Crippen LogP contribution in [0.25, 0.3) is 5.76 Å². The van der Waals surface area contributed by atoms with Gasteiger partial charge in [-0.2, -0.15) is 0 Å². The molecule has 0 aromatic heterocycles. The number of halogens is 1. The lowest BCUT2D eigenvalue weighted by molar-refractivity contribution is -0.132. The molecule has 0 radical (unpaired) electrons. The van der Waals surface area contributed by atoms with Crippen LogP contribution in [0.3, 0.4) is 0 Å². The van der Waals surface area contributed by atoms with Crippen molar-refractivity contribution in [3.8, 4) is 11.5 Å². The van der Waals surface area contributed by atoms with Crippen molar-refractivity contribution in [1.82, 2.24) is 0 Å². The fourth-order valence-corrected chi connectivity index (χ4v) is 4.24. The van der Waals surface area contributed by atoms with E-state index in [-0.39, 0.29) is 17.0 Å². The van der Waals surface area contributed by atoms with Crippen molar-refractivity contribution in [3.63, 3.8) is 0 Å². The standard InChI is InChI=1S/C27H24FNO5/c1-15-13-22(34-4)16(2)12-21(15)25(30)23-24(17-8-10-20(33-3)11-9-17)29(27(32)26(23)31)19-7-5-6-18(28)14-19/h5-14,24,30H,1-4H3/b25-23+. The quantitative estimate of drug-likeness (QED) is 0.326. The first-order valence-electron chi connectivity index (χ1n) is 10.6. The zero-order valence-corrected chi connectivity index (χ0v) is 19.3. The van der Waals surface area contributed by atoms with Crippen LogP contribution in [0.2, 0.25) is 0 Å². The summed E-state index contributed by atoms with van der Waals surface area (Å²) in [5, 5.41) is 11.4. The minimum absolute atomic E-state index is 0.0768. The maximum Gasteiger partial charge on any atom is 0.300 e. The zero-order valence-electron chi connectivity index (χ0n) is 19.3. The Balaban J connectivity index is 1.97. The highest BCUT2D eigenvalue weighted by molar-refractivity contribution is 6.51. The van der Waals surface area contributed by atoms with Crippen molar-refractivity contribution in [2.24, 2.45) is 0 Å². The van der Waals surface area contributed by atoms with E-state index in [2.05, 4.69) is 0 Å². The van der Waals surface area contributed by atoms with Crippen LogP contribution in [0.5, 0.6) is 11.5 Å². The number of hydrogen-bond acceptors (Lipinski definition) is 5. The van der Waals surface area contributed by atoms with Crippen LogP contribution in [0.1, 0.15) is 28.3 Å². The molecule has 0 spiro atoms. The molecule has 3 aromatic rings. The molecule has 1 fully saturated rings. The highest BCUT2D eigenvalue weighted by atomic mass is 19.1. The number of methoxy groups -OCH3 is 2. The van der Waals surface area contributed by atoms with Gasteiger partial charge in [0.05, 0.1) is 25.8 Å². The number of hydrogen-bond donors (Lipinski definition) is 1. The number of ketones is 1. The Labute approximate surface area is 196 Å². The number of rotatable bonds is 5. The zero-order chi connectivity index (χ0) is 24.6. The van der Waals surface area contributed by atoms with Crippen molar-refractivity contribution < 1.29 is 28.6 Å². The van der Waals surface area contributed by atoms with Crippen LogP contribution >= 0.6 is 0 Å². The van der Waals surface area contributed by atoms with Crippen LogP contribution in [0, 0.1) is 19.7 Å². The van der Waals surface area contributed by atoms with Crippen molar-refractivity contribution >= 4 is 23.1 Å². The number of aliphatic hydroxyl groups is 1. The van der Waals surface area contributed by atoms with E-state index in [0.29, 0.717) is 28.2 Å². The summed E-state index contributed by atoms with van der Waals surface area (Å²) in [4.78, 5) is 27.7. The first-order chi connectivity index (χ1) is 16.3. The third-order valence-corrected chi connectivity index (χ3v) is 5.96. The van der Waals surface area contributed by atoms with Crippen LogP contribution in [-0.4, -0.2) is 31.0 Å². The Morgan fingerprint density at radius 1 is 0.941 bits per heavy atom. The molecule has 0 bridgehead atoms. The molecule has 1 N–H and O–H groups in total. The van der Waals surface area contributed by atoms with Gasteiger partial charge in [-0.25, -0.2) is 4.39 Å². The van der Waals surface area contributed by atoms with Crippen LogP contribution < -0.4 is 14.4 Å². The molecule has 0 saturated carbocycles. The minimum atomic E-state index is -0.963. The van der Waals surface area contributed by atoms with Gasteiger partial charge in [0.25, 0.3) is 11.7 Å². The third kappa shape index (κ3) is 3.90. The van der Waals surface area contributed by atoms with E-state index in [9.17, 15) is 19.1 Å². The number of amides is 1. The first-order valence-corrected chi connectivity index (χ1v) is 10.6. The number of benzene rings is 3. The van der Waals surface area contributed by atoms with Crippen LogP contribution in [-0.2, 0) is 9.59 Å². The second kappa shape index (κ2) is 9.02. The Hall–Kier alpha value is -4.13. The van der Waals surface area contributed by atoms with Crippen molar-refractivity contribution in [2.45, 2.75) is 19.9 Å². The molecule has 1 unspecified atom stereocenters. The smallest absolute Gasteiger partial charge is 0.300 e. The molecule has 34 heavy (non-hydrogen) atoms. The maximum absolute atomic E-state index is 14.0. The normalized spacial score (nSPS) is 17.2. The van der Waals surface area contributed by atoms with Gasteiger partial charge < -0.3 is 14.6 Å². The van der Waals surface area contributed by atoms with Gasteiger partial charge in [-0.1, -0.05) is 18.2 Å². The van der Waals surface area contributed by atoms with Gasteiger partial charge in [-0.05, 0) is 73.0 Å². The number of carbonyl (C=O) groups excluding carboxylic acids is 2. The van der Waals surface area contributed by atoms with Gasteiger partial charge in [0.1, 0.15) is 23.1 Å². The third-order valence-electron chi connectivity index (χ3n) is 5.96. The van der Waals surface area contributed by atoms with Crippen LogP contribution in [0.15, 0.2) is 66.2 Å².